The highest BCUT2D eigenvalue weighted by molar-refractivity contribution is 6.12. The van der Waals surface area contributed by atoms with Crippen molar-refractivity contribution in [2.45, 2.75) is 47.6 Å². The SMILES string of the molecule is CCOC(=O)c1cccc(NC(=O)NC2CN(C(=O)C(C)(C)C)c3ccc(C)cc3N(CC(=O)c3ccc(C)o3)C2=O)c1. The second-order valence-electron chi connectivity index (χ2n) is 11.4. The number of esters is 1. The standard InChI is InChI=1S/C32H36N4O7/c1-7-42-29(39)21-9-8-10-22(16-21)33-31(41)34-23-17-36(30(40)32(4,5)6)24-13-11-19(2)15-25(24)35(28(23)38)18-26(37)27-14-12-20(3)43-27/h8-16,23H,7,17-18H2,1-6H3,(H2,33,34,41). The summed E-state index contributed by atoms with van der Waals surface area (Å²) in [6.07, 6.45) is 0. The number of nitrogens with one attached hydrogen (secondary N) is 2. The molecule has 4 amide bonds. The summed E-state index contributed by atoms with van der Waals surface area (Å²) in [5, 5.41) is 5.32. The number of furan rings is 1. The van der Waals surface area contributed by atoms with Crippen LogP contribution in [0.3, 0.4) is 0 Å². The van der Waals surface area contributed by atoms with Crippen LogP contribution in [0.4, 0.5) is 21.9 Å². The Kier molecular flexibility index (Phi) is 9.03. The van der Waals surface area contributed by atoms with E-state index in [1.165, 1.54) is 15.9 Å². The zero-order valence-electron chi connectivity index (χ0n) is 25.1. The molecule has 43 heavy (non-hydrogen) atoms. The average Bonchev–Trinajstić information content (AvgIpc) is 3.35. The highest BCUT2D eigenvalue weighted by Gasteiger charge is 2.40. The fourth-order valence-electron chi connectivity index (χ4n) is 4.68. The topological polar surface area (TPSA) is 138 Å². The molecule has 1 aliphatic rings. The van der Waals surface area contributed by atoms with Crippen LogP contribution in [0.5, 0.6) is 0 Å². The number of amides is 4. The van der Waals surface area contributed by atoms with Gasteiger partial charge >= 0.3 is 12.0 Å². The van der Waals surface area contributed by atoms with Gasteiger partial charge in [0.05, 0.1) is 36.6 Å². The van der Waals surface area contributed by atoms with Gasteiger partial charge in [-0.3, -0.25) is 14.4 Å². The van der Waals surface area contributed by atoms with Gasteiger partial charge in [-0.15, -0.1) is 0 Å². The van der Waals surface area contributed by atoms with Crippen molar-refractivity contribution in [1.82, 2.24) is 5.32 Å². The molecule has 0 saturated carbocycles. The summed E-state index contributed by atoms with van der Waals surface area (Å²) < 4.78 is 10.5. The highest BCUT2D eigenvalue weighted by atomic mass is 16.5. The molecule has 226 valence electrons. The minimum Gasteiger partial charge on any atom is -0.462 e. The fourth-order valence-corrected chi connectivity index (χ4v) is 4.68. The highest BCUT2D eigenvalue weighted by Crippen LogP contribution is 2.36. The van der Waals surface area contributed by atoms with Crippen LogP contribution in [0.1, 0.15) is 59.9 Å². The summed E-state index contributed by atoms with van der Waals surface area (Å²) in [5.41, 5.74) is 1.34. The van der Waals surface area contributed by atoms with Crippen LogP contribution >= 0.6 is 0 Å². The Balaban J connectivity index is 1.69. The van der Waals surface area contributed by atoms with Crippen molar-refractivity contribution in [3.05, 3.63) is 77.2 Å². The van der Waals surface area contributed by atoms with E-state index in [4.69, 9.17) is 9.15 Å². The molecule has 0 aliphatic carbocycles. The molecule has 2 N–H and O–H groups in total. The lowest BCUT2D eigenvalue weighted by Gasteiger charge is -2.31. The molecule has 0 fully saturated rings. The van der Waals surface area contributed by atoms with Gasteiger partial charge < -0.3 is 29.6 Å². The molecule has 2 heterocycles. The smallest absolute Gasteiger partial charge is 0.338 e. The maximum absolute atomic E-state index is 14.1. The van der Waals surface area contributed by atoms with Gasteiger partial charge in [-0.25, -0.2) is 9.59 Å². The number of hydrogen-bond donors (Lipinski definition) is 2. The summed E-state index contributed by atoms with van der Waals surface area (Å²) in [7, 11) is 0. The summed E-state index contributed by atoms with van der Waals surface area (Å²) in [6, 6.07) is 12.7. The molecule has 0 radical (unpaired) electrons. The van der Waals surface area contributed by atoms with Gasteiger partial charge in [0, 0.05) is 11.1 Å². The second kappa shape index (κ2) is 12.5. The number of rotatable bonds is 7. The minimum absolute atomic E-state index is 0.0927. The van der Waals surface area contributed by atoms with E-state index in [0.29, 0.717) is 22.8 Å². The van der Waals surface area contributed by atoms with E-state index in [0.717, 1.165) is 5.56 Å². The number of Topliss-reactive ketones (excluding diaryl/α,β-unsaturated/α-hetero) is 1. The Labute approximate surface area is 250 Å². The molecule has 11 nitrogen and oxygen atoms in total. The van der Waals surface area contributed by atoms with Crippen LogP contribution in [-0.4, -0.2) is 55.3 Å². The molecule has 1 atom stereocenters. The maximum Gasteiger partial charge on any atom is 0.338 e. The number of nitrogens with zero attached hydrogens (tertiary/aromatic N) is 2. The average molecular weight is 589 g/mol. The number of aryl methyl sites for hydroxylation is 2. The van der Waals surface area contributed by atoms with E-state index >= 15 is 0 Å². The molecule has 11 heteroatoms. The van der Waals surface area contributed by atoms with Gasteiger partial charge in [0.1, 0.15) is 11.8 Å². The third-order valence-corrected chi connectivity index (χ3v) is 6.78. The summed E-state index contributed by atoms with van der Waals surface area (Å²) in [5.74, 6) is -1.19. The van der Waals surface area contributed by atoms with Gasteiger partial charge in [-0.2, -0.15) is 0 Å². The van der Waals surface area contributed by atoms with Crippen molar-refractivity contribution in [1.29, 1.82) is 0 Å². The number of fused-ring (bicyclic) bond motifs is 1. The van der Waals surface area contributed by atoms with E-state index < -0.39 is 35.1 Å². The second-order valence-corrected chi connectivity index (χ2v) is 11.4. The lowest BCUT2D eigenvalue weighted by molar-refractivity contribution is -0.126. The molecule has 0 bridgehead atoms. The van der Waals surface area contributed by atoms with Crippen LogP contribution < -0.4 is 20.4 Å². The number of carbonyl (C=O) groups is 5. The third-order valence-electron chi connectivity index (χ3n) is 6.78. The summed E-state index contributed by atoms with van der Waals surface area (Å²) in [6.45, 7) is 10.2. The summed E-state index contributed by atoms with van der Waals surface area (Å²) >= 11 is 0. The predicted octanol–water partition coefficient (Wildman–Crippen LogP) is 4.87. The number of ether oxygens (including phenoxy) is 1. The van der Waals surface area contributed by atoms with Crippen molar-refractivity contribution in [3.8, 4) is 0 Å². The normalized spacial score (nSPS) is 14.9. The first-order valence-corrected chi connectivity index (χ1v) is 14.0. The Bertz CT molecular complexity index is 1570. The van der Waals surface area contributed by atoms with Crippen LogP contribution in [0, 0.1) is 19.3 Å². The Hall–Kier alpha value is -4.93. The van der Waals surface area contributed by atoms with Crippen molar-refractivity contribution >= 4 is 46.7 Å². The van der Waals surface area contributed by atoms with Gasteiger partial charge in [-0.1, -0.05) is 32.9 Å². The number of ketones is 1. The molecule has 1 aliphatic heterocycles. The molecule has 4 rings (SSSR count). The van der Waals surface area contributed by atoms with Crippen molar-refractivity contribution in [2.24, 2.45) is 5.41 Å². The lowest BCUT2D eigenvalue weighted by atomic mass is 9.94. The minimum atomic E-state index is -1.22. The maximum atomic E-state index is 14.1. The molecule has 0 spiro atoms. The van der Waals surface area contributed by atoms with Gasteiger partial charge in [0.2, 0.25) is 11.7 Å². The molecule has 1 aromatic heterocycles. The van der Waals surface area contributed by atoms with E-state index in [1.807, 2.05) is 13.0 Å². The van der Waals surface area contributed by atoms with Crippen LogP contribution in [0.25, 0.3) is 0 Å². The van der Waals surface area contributed by atoms with Crippen molar-refractivity contribution in [3.63, 3.8) is 0 Å². The summed E-state index contributed by atoms with van der Waals surface area (Å²) in [4.78, 5) is 69.2. The number of carbonyl (C=O) groups excluding carboxylic acids is 5. The third kappa shape index (κ3) is 7.11. The first-order valence-electron chi connectivity index (χ1n) is 14.0. The predicted molar refractivity (Wildman–Crippen MR) is 161 cm³/mol. The quantitative estimate of drug-likeness (QED) is 0.297. The number of hydrogen-bond acceptors (Lipinski definition) is 7. The van der Waals surface area contributed by atoms with E-state index in [-0.39, 0.29) is 36.9 Å². The van der Waals surface area contributed by atoms with Gasteiger partial charge in [-0.05, 0) is 68.8 Å². The Morgan fingerprint density at radius 2 is 1.74 bits per heavy atom. The Morgan fingerprint density at radius 3 is 2.40 bits per heavy atom. The van der Waals surface area contributed by atoms with E-state index in [2.05, 4.69) is 10.6 Å². The van der Waals surface area contributed by atoms with Crippen LogP contribution in [0.2, 0.25) is 0 Å². The molecular weight excluding hydrogens is 552 g/mol. The number of anilines is 3. The number of urea groups is 1. The Morgan fingerprint density at radius 1 is 1.00 bits per heavy atom. The fraction of sp³-hybridized carbons (Fsp3) is 0.344. The molecule has 3 aromatic rings. The first kappa shape index (κ1) is 31.0. The molecular formula is C32H36N4O7. The largest absolute Gasteiger partial charge is 0.462 e. The van der Waals surface area contributed by atoms with E-state index in [9.17, 15) is 24.0 Å². The zero-order valence-corrected chi connectivity index (χ0v) is 25.1. The monoisotopic (exact) mass is 588 g/mol. The van der Waals surface area contributed by atoms with Crippen LogP contribution in [0.15, 0.2) is 59.0 Å². The molecule has 2 aromatic carbocycles. The van der Waals surface area contributed by atoms with E-state index in [1.54, 1.807) is 77.1 Å². The molecule has 1 unspecified atom stereocenters. The number of benzene rings is 2. The van der Waals surface area contributed by atoms with Crippen LogP contribution in [-0.2, 0) is 14.3 Å². The zero-order chi connectivity index (χ0) is 31.5. The first-order chi connectivity index (χ1) is 20.3. The molecule has 0 saturated heterocycles. The van der Waals surface area contributed by atoms with Crippen molar-refractivity contribution in [2.75, 3.05) is 34.8 Å². The van der Waals surface area contributed by atoms with Crippen molar-refractivity contribution < 1.29 is 33.1 Å². The van der Waals surface area contributed by atoms with Gasteiger partial charge in [0.25, 0.3) is 5.91 Å². The lowest BCUT2D eigenvalue weighted by Crippen LogP contribution is -2.55. The van der Waals surface area contributed by atoms with Gasteiger partial charge in [0.15, 0.2) is 5.76 Å².